The highest BCUT2D eigenvalue weighted by molar-refractivity contribution is 5.68. The number of hydrogen-bond donors (Lipinski definition) is 1. The second-order valence-corrected chi connectivity index (χ2v) is 6.81. The molecule has 0 aromatic heterocycles. The fourth-order valence-corrected chi connectivity index (χ4v) is 2.45. The van der Waals surface area contributed by atoms with Gasteiger partial charge in [-0.05, 0) is 46.6 Å². The molecule has 1 N–H and O–H groups in total. The minimum atomic E-state index is -2.37. The van der Waals surface area contributed by atoms with Gasteiger partial charge in [0.25, 0.3) is 0 Å². The molecule has 0 unspecified atom stereocenters. The van der Waals surface area contributed by atoms with Gasteiger partial charge in [-0.3, -0.25) is 0 Å². The van der Waals surface area contributed by atoms with Crippen molar-refractivity contribution in [2.45, 2.75) is 59.0 Å². The first-order chi connectivity index (χ1) is 9.70. The number of ether oxygens (including phenoxy) is 1. The Labute approximate surface area is 126 Å². The van der Waals surface area contributed by atoms with Crippen LogP contribution in [-0.4, -0.2) is 49.2 Å². The van der Waals surface area contributed by atoms with Crippen LogP contribution in [0.5, 0.6) is 0 Å². The first kappa shape index (κ1) is 18.1. The number of halogens is 2. The maximum Gasteiger partial charge on any atom is 0.410 e. The van der Waals surface area contributed by atoms with Gasteiger partial charge < -0.3 is 15.0 Å². The van der Waals surface area contributed by atoms with Crippen LogP contribution in [0.15, 0.2) is 0 Å². The van der Waals surface area contributed by atoms with Crippen LogP contribution >= 0.6 is 0 Å². The fourth-order valence-electron chi connectivity index (χ4n) is 2.45. The maximum atomic E-state index is 13.4. The van der Waals surface area contributed by atoms with Crippen LogP contribution in [0.2, 0.25) is 0 Å². The van der Waals surface area contributed by atoms with Crippen LogP contribution in [0.1, 0.15) is 47.0 Å². The number of rotatable bonds is 5. The van der Waals surface area contributed by atoms with Gasteiger partial charge in [-0.2, -0.15) is 0 Å². The van der Waals surface area contributed by atoms with Crippen LogP contribution < -0.4 is 5.32 Å². The first-order valence-corrected chi connectivity index (χ1v) is 7.67. The first-order valence-electron chi connectivity index (χ1n) is 7.67. The van der Waals surface area contributed by atoms with Crippen molar-refractivity contribution in [1.29, 1.82) is 0 Å². The van der Waals surface area contributed by atoms with Crippen LogP contribution in [0.25, 0.3) is 0 Å². The van der Waals surface area contributed by atoms with Gasteiger partial charge in [0.15, 0.2) is 0 Å². The van der Waals surface area contributed by atoms with Crippen molar-refractivity contribution in [1.82, 2.24) is 10.2 Å². The van der Waals surface area contributed by atoms with Gasteiger partial charge in [-0.25, -0.2) is 13.6 Å². The number of amides is 1. The van der Waals surface area contributed by atoms with E-state index in [0.29, 0.717) is 32.5 Å². The molecule has 1 heterocycles. The highest BCUT2D eigenvalue weighted by Gasteiger charge is 2.43. The average molecular weight is 306 g/mol. The molecule has 0 bridgehead atoms. The molecule has 124 valence electrons. The minimum Gasteiger partial charge on any atom is -0.444 e. The number of hydrogen-bond acceptors (Lipinski definition) is 3. The van der Waals surface area contributed by atoms with E-state index >= 15 is 0 Å². The molecule has 0 spiro atoms. The Balaban J connectivity index is 2.56. The summed E-state index contributed by atoms with van der Waals surface area (Å²) < 4.78 is 32.1. The van der Waals surface area contributed by atoms with Gasteiger partial charge in [-0.1, -0.05) is 6.92 Å². The van der Waals surface area contributed by atoms with Crippen molar-refractivity contribution in [3.05, 3.63) is 0 Å². The predicted octanol–water partition coefficient (Wildman–Crippen LogP) is 3.27. The van der Waals surface area contributed by atoms with E-state index in [1.165, 1.54) is 4.90 Å². The summed E-state index contributed by atoms with van der Waals surface area (Å²) in [5, 5.41) is 3.09. The standard InChI is InChI=1S/C15H28F2N2O2/c1-5-8-18-11-15(12(16)17)6-9-19(10-7-15)13(20)21-14(2,3)4/h12,18H,5-11H2,1-4H3. The molecule has 1 aliphatic rings. The molecule has 21 heavy (non-hydrogen) atoms. The summed E-state index contributed by atoms with van der Waals surface area (Å²) in [6.45, 7) is 9.10. The molecule has 1 saturated heterocycles. The number of alkyl halides is 2. The van der Waals surface area contributed by atoms with E-state index in [9.17, 15) is 13.6 Å². The van der Waals surface area contributed by atoms with E-state index in [0.717, 1.165) is 13.0 Å². The molecule has 1 aliphatic heterocycles. The molecule has 0 aromatic carbocycles. The number of likely N-dealkylation sites (tertiary alicyclic amines) is 1. The average Bonchev–Trinajstić information content (AvgIpc) is 2.37. The van der Waals surface area contributed by atoms with E-state index < -0.39 is 23.5 Å². The molecule has 1 rings (SSSR count). The topological polar surface area (TPSA) is 41.6 Å². The molecule has 0 aromatic rings. The van der Waals surface area contributed by atoms with Crippen LogP contribution in [0, 0.1) is 5.41 Å². The third kappa shape index (κ3) is 5.41. The summed E-state index contributed by atoms with van der Waals surface area (Å²) in [5.41, 5.74) is -1.58. The van der Waals surface area contributed by atoms with Crippen molar-refractivity contribution in [2.75, 3.05) is 26.2 Å². The van der Waals surface area contributed by atoms with Gasteiger partial charge in [0, 0.05) is 25.0 Å². The number of carbonyl (C=O) groups is 1. The zero-order valence-electron chi connectivity index (χ0n) is 13.5. The maximum absolute atomic E-state index is 13.4. The molecule has 1 fully saturated rings. The van der Waals surface area contributed by atoms with Crippen molar-refractivity contribution < 1.29 is 18.3 Å². The lowest BCUT2D eigenvalue weighted by Crippen LogP contribution is -2.51. The summed E-state index contributed by atoms with van der Waals surface area (Å²) >= 11 is 0. The number of piperidine rings is 1. The monoisotopic (exact) mass is 306 g/mol. The number of carbonyl (C=O) groups excluding carboxylic acids is 1. The minimum absolute atomic E-state index is 0.306. The summed E-state index contributed by atoms with van der Waals surface area (Å²) in [4.78, 5) is 13.5. The van der Waals surface area contributed by atoms with E-state index in [-0.39, 0.29) is 0 Å². The molecule has 0 atom stereocenters. The largest absolute Gasteiger partial charge is 0.444 e. The molecule has 0 aliphatic carbocycles. The fraction of sp³-hybridized carbons (Fsp3) is 0.933. The van der Waals surface area contributed by atoms with Gasteiger partial charge in [0.1, 0.15) is 5.60 Å². The molecule has 0 saturated carbocycles. The Morgan fingerprint density at radius 3 is 2.33 bits per heavy atom. The quantitative estimate of drug-likeness (QED) is 0.793. The molecule has 6 heteroatoms. The third-order valence-corrected chi connectivity index (χ3v) is 3.78. The third-order valence-electron chi connectivity index (χ3n) is 3.78. The molecule has 0 radical (unpaired) electrons. The Morgan fingerprint density at radius 1 is 1.33 bits per heavy atom. The van der Waals surface area contributed by atoms with Crippen molar-refractivity contribution in [2.24, 2.45) is 5.41 Å². The van der Waals surface area contributed by atoms with Gasteiger partial charge in [-0.15, -0.1) is 0 Å². The normalized spacial score (nSPS) is 18.9. The highest BCUT2D eigenvalue weighted by atomic mass is 19.3. The summed E-state index contributed by atoms with van der Waals surface area (Å²) in [7, 11) is 0. The lowest BCUT2D eigenvalue weighted by Gasteiger charge is -2.41. The Bertz CT molecular complexity index is 335. The second-order valence-electron chi connectivity index (χ2n) is 6.81. The van der Waals surface area contributed by atoms with E-state index in [1.54, 1.807) is 20.8 Å². The highest BCUT2D eigenvalue weighted by Crippen LogP contribution is 2.37. The summed E-state index contributed by atoms with van der Waals surface area (Å²) in [5.74, 6) is 0. The SMILES string of the molecule is CCCNCC1(C(F)F)CCN(C(=O)OC(C)(C)C)CC1. The van der Waals surface area contributed by atoms with Crippen LogP contribution in [-0.2, 0) is 4.74 Å². The number of nitrogens with one attached hydrogen (secondary N) is 1. The predicted molar refractivity (Wildman–Crippen MR) is 78.6 cm³/mol. The smallest absolute Gasteiger partial charge is 0.410 e. The Hall–Kier alpha value is -0.910. The summed E-state index contributed by atoms with van der Waals surface area (Å²) in [6, 6.07) is 0. The van der Waals surface area contributed by atoms with Gasteiger partial charge in [0.05, 0.1) is 0 Å². The van der Waals surface area contributed by atoms with Crippen molar-refractivity contribution in [3.63, 3.8) is 0 Å². The number of nitrogens with zero attached hydrogens (tertiary/aromatic N) is 1. The Kier molecular flexibility index (Phi) is 6.38. The van der Waals surface area contributed by atoms with Crippen LogP contribution in [0.4, 0.5) is 13.6 Å². The van der Waals surface area contributed by atoms with Crippen molar-refractivity contribution >= 4 is 6.09 Å². The van der Waals surface area contributed by atoms with Crippen LogP contribution in [0.3, 0.4) is 0 Å². The zero-order valence-corrected chi connectivity index (χ0v) is 13.5. The van der Waals surface area contributed by atoms with Gasteiger partial charge >= 0.3 is 6.09 Å². The van der Waals surface area contributed by atoms with Gasteiger partial charge in [0.2, 0.25) is 6.43 Å². The molecule has 4 nitrogen and oxygen atoms in total. The summed E-state index contributed by atoms with van der Waals surface area (Å²) in [6.07, 6.45) is -1.25. The van der Waals surface area contributed by atoms with E-state index in [2.05, 4.69) is 5.32 Å². The van der Waals surface area contributed by atoms with Crippen molar-refractivity contribution in [3.8, 4) is 0 Å². The van der Waals surface area contributed by atoms with E-state index in [4.69, 9.17) is 4.74 Å². The second kappa shape index (κ2) is 7.38. The zero-order chi connectivity index (χ0) is 16.1. The van der Waals surface area contributed by atoms with E-state index in [1.807, 2.05) is 6.92 Å². The Morgan fingerprint density at radius 2 is 1.90 bits per heavy atom. The molecular weight excluding hydrogens is 278 g/mol. The molecular formula is C15H28F2N2O2. The lowest BCUT2D eigenvalue weighted by atomic mass is 9.78. The molecule has 1 amide bonds. The lowest BCUT2D eigenvalue weighted by molar-refractivity contribution is -0.0512.